The minimum Gasteiger partial charge on any atom is -0.309 e. The molecule has 4 heterocycles. The summed E-state index contributed by atoms with van der Waals surface area (Å²) >= 11 is 1.89. The third kappa shape index (κ3) is 3.25. The van der Waals surface area contributed by atoms with Crippen molar-refractivity contribution >= 4 is 102 Å². The molecule has 0 aliphatic rings. The molecule has 12 rings (SSSR count). The maximum atomic E-state index is 2.54. The van der Waals surface area contributed by atoms with Crippen molar-refractivity contribution < 1.29 is 0 Å². The van der Waals surface area contributed by atoms with Gasteiger partial charge in [0, 0.05) is 63.6 Å². The number of fused-ring (bicyclic) bond motifs is 15. The van der Waals surface area contributed by atoms with Crippen LogP contribution in [0.15, 0.2) is 158 Å². The third-order valence-electron chi connectivity index (χ3n) is 10.8. The topological polar surface area (TPSA) is 9.34 Å². The Morgan fingerprint density at radius 1 is 0.408 bits per heavy atom. The van der Waals surface area contributed by atoms with Gasteiger partial charge in [0.1, 0.15) is 0 Å². The van der Waals surface area contributed by atoms with E-state index in [-0.39, 0.29) is 0 Å². The van der Waals surface area contributed by atoms with Gasteiger partial charge < -0.3 is 8.97 Å². The molecule has 0 amide bonds. The highest BCUT2D eigenvalue weighted by atomic mass is 32.1. The van der Waals surface area contributed by atoms with E-state index in [9.17, 15) is 0 Å². The molecule has 49 heavy (non-hydrogen) atoms. The van der Waals surface area contributed by atoms with Crippen molar-refractivity contribution in [3.8, 4) is 16.8 Å². The fraction of sp³-hybridized carbons (Fsp3) is 0. The molecule has 3 heteroatoms. The quantitative estimate of drug-likeness (QED) is 0.178. The zero-order valence-electron chi connectivity index (χ0n) is 26.3. The molecule has 0 unspecified atom stereocenters. The SMILES string of the molecule is c1cc(-c2cccc3c2sc2ccccc23)cc(-n2c3ccccc3c3c4c(ccc5c6cccc7c8ccccc8n(c76)c54)ccc32)c1. The van der Waals surface area contributed by atoms with E-state index in [1.54, 1.807) is 0 Å². The van der Waals surface area contributed by atoms with Gasteiger partial charge in [-0.15, -0.1) is 11.3 Å². The van der Waals surface area contributed by atoms with E-state index in [1.807, 2.05) is 11.3 Å². The Morgan fingerprint density at radius 2 is 1.08 bits per heavy atom. The van der Waals surface area contributed by atoms with Crippen molar-refractivity contribution in [1.29, 1.82) is 0 Å². The van der Waals surface area contributed by atoms with E-state index in [1.165, 1.54) is 108 Å². The second-order valence-corrected chi connectivity index (χ2v) is 14.3. The smallest absolute Gasteiger partial charge is 0.0627 e. The molecule has 0 bridgehead atoms. The molecule has 0 fully saturated rings. The molecule has 0 saturated carbocycles. The fourth-order valence-electron chi connectivity index (χ4n) is 8.84. The summed E-state index contributed by atoms with van der Waals surface area (Å²) < 4.78 is 7.69. The van der Waals surface area contributed by atoms with Crippen LogP contribution in [0.1, 0.15) is 0 Å². The molecule has 0 saturated heterocycles. The lowest BCUT2D eigenvalue weighted by Gasteiger charge is -2.11. The van der Waals surface area contributed by atoms with Crippen LogP contribution in [0.2, 0.25) is 0 Å². The van der Waals surface area contributed by atoms with Crippen LogP contribution >= 0.6 is 11.3 Å². The summed E-state index contributed by atoms with van der Waals surface area (Å²) in [5.41, 5.74) is 10.0. The van der Waals surface area contributed by atoms with Gasteiger partial charge in [-0.3, -0.25) is 0 Å². The van der Waals surface area contributed by atoms with Crippen LogP contribution in [-0.4, -0.2) is 8.97 Å². The molecule has 8 aromatic carbocycles. The Hall–Kier alpha value is -6.16. The standard InChI is InChI=1S/C46H26N2S/c1-4-19-38-31(12-1)33-16-9-17-34-35-24-22-27-23-25-40-43(42(27)45(35)48(38)44(33)34)37-14-2-5-20-39(37)47(40)29-11-7-10-28(26-29)30-15-8-18-36-32-13-3-6-21-41(32)49-46(30)36/h1-26H. The van der Waals surface area contributed by atoms with Crippen molar-refractivity contribution in [1.82, 2.24) is 8.97 Å². The van der Waals surface area contributed by atoms with E-state index in [0.717, 1.165) is 0 Å². The molecule has 0 aliphatic carbocycles. The van der Waals surface area contributed by atoms with Gasteiger partial charge in [0.15, 0.2) is 0 Å². The minimum absolute atomic E-state index is 1.17. The van der Waals surface area contributed by atoms with E-state index in [2.05, 4.69) is 167 Å². The average molecular weight is 639 g/mol. The molecule has 12 aromatic rings. The Morgan fingerprint density at radius 3 is 2.00 bits per heavy atom. The number of aromatic nitrogens is 2. The zero-order chi connectivity index (χ0) is 31.8. The van der Waals surface area contributed by atoms with Crippen LogP contribution in [-0.2, 0) is 0 Å². The molecule has 0 atom stereocenters. The van der Waals surface area contributed by atoms with E-state index in [4.69, 9.17) is 0 Å². The highest BCUT2D eigenvalue weighted by Crippen LogP contribution is 2.46. The first-order valence-corrected chi connectivity index (χ1v) is 17.7. The molecule has 2 nitrogen and oxygen atoms in total. The number of thiophene rings is 1. The van der Waals surface area contributed by atoms with Crippen LogP contribution in [0.25, 0.3) is 108 Å². The molecule has 0 aliphatic heterocycles. The second-order valence-electron chi connectivity index (χ2n) is 13.3. The van der Waals surface area contributed by atoms with Crippen molar-refractivity contribution in [3.63, 3.8) is 0 Å². The Bertz CT molecular complexity index is 3340. The number of nitrogens with zero attached hydrogens (tertiary/aromatic N) is 2. The first-order chi connectivity index (χ1) is 24.3. The number of para-hydroxylation sites is 3. The lowest BCUT2D eigenvalue weighted by Crippen LogP contribution is -1.94. The van der Waals surface area contributed by atoms with E-state index >= 15 is 0 Å². The summed E-state index contributed by atoms with van der Waals surface area (Å²) in [4.78, 5) is 0. The molecule has 4 aromatic heterocycles. The summed E-state index contributed by atoms with van der Waals surface area (Å²) in [6.45, 7) is 0. The summed E-state index contributed by atoms with van der Waals surface area (Å²) in [6, 6.07) is 58.5. The lowest BCUT2D eigenvalue weighted by molar-refractivity contribution is 1.18. The van der Waals surface area contributed by atoms with Gasteiger partial charge >= 0.3 is 0 Å². The predicted molar refractivity (Wildman–Crippen MR) is 211 cm³/mol. The molecule has 0 radical (unpaired) electrons. The monoisotopic (exact) mass is 638 g/mol. The summed E-state index contributed by atoms with van der Waals surface area (Å²) in [6.07, 6.45) is 0. The molecule has 226 valence electrons. The van der Waals surface area contributed by atoms with Crippen LogP contribution in [0, 0.1) is 0 Å². The second kappa shape index (κ2) is 9.25. The van der Waals surface area contributed by atoms with Gasteiger partial charge in [0.2, 0.25) is 0 Å². The number of hydrogen-bond acceptors (Lipinski definition) is 1. The molecular formula is C46H26N2S. The predicted octanol–water partition coefficient (Wildman–Crippen LogP) is 13.1. The fourth-order valence-corrected chi connectivity index (χ4v) is 10.1. The molecular weight excluding hydrogens is 613 g/mol. The molecule has 0 spiro atoms. The van der Waals surface area contributed by atoms with E-state index < -0.39 is 0 Å². The van der Waals surface area contributed by atoms with Gasteiger partial charge in [-0.2, -0.15) is 0 Å². The van der Waals surface area contributed by atoms with Gasteiger partial charge in [0.25, 0.3) is 0 Å². The van der Waals surface area contributed by atoms with Crippen LogP contribution in [0.5, 0.6) is 0 Å². The Balaban J connectivity index is 1.20. The van der Waals surface area contributed by atoms with Crippen molar-refractivity contribution in [2.45, 2.75) is 0 Å². The Kier molecular flexibility index (Phi) is 4.89. The maximum Gasteiger partial charge on any atom is 0.0627 e. The molecule has 0 N–H and O–H groups in total. The van der Waals surface area contributed by atoms with Crippen molar-refractivity contribution in [2.24, 2.45) is 0 Å². The van der Waals surface area contributed by atoms with Crippen LogP contribution in [0.3, 0.4) is 0 Å². The van der Waals surface area contributed by atoms with Crippen molar-refractivity contribution in [3.05, 3.63) is 158 Å². The first-order valence-electron chi connectivity index (χ1n) is 16.9. The lowest BCUT2D eigenvalue weighted by atomic mass is 10.00. The highest BCUT2D eigenvalue weighted by Gasteiger charge is 2.22. The minimum atomic E-state index is 1.17. The number of rotatable bonds is 2. The summed E-state index contributed by atoms with van der Waals surface area (Å²) in [5, 5.41) is 13.1. The third-order valence-corrected chi connectivity index (χ3v) is 12.0. The van der Waals surface area contributed by atoms with Gasteiger partial charge in [-0.05, 0) is 52.9 Å². The van der Waals surface area contributed by atoms with Gasteiger partial charge in [-0.1, -0.05) is 121 Å². The normalized spacial score (nSPS) is 12.5. The largest absolute Gasteiger partial charge is 0.309 e. The van der Waals surface area contributed by atoms with E-state index in [0.29, 0.717) is 0 Å². The highest BCUT2D eigenvalue weighted by molar-refractivity contribution is 7.26. The maximum absolute atomic E-state index is 2.54. The van der Waals surface area contributed by atoms with Gasteiger partial charge in [-0.25, -0.2) is 0 Å². The zero-order valence-corrected chi connectivity index (χ0v) is 27.1. The number of hydrogen-bond donors (Lipinski definition) is 0. The summed E-state index contributed by atoms with van der Waals surface area (Å²) in [7, 11) is 0. The van der Waals surface area contributed by atoms with Crippen LogP contribution in [0.4, 0.5) is 0 Å². The Labute approximate surface area is 284 Å². The van der Waals surface area contributed by atoms with Crippen molar-refractivity contribution in [2.75, 3.05) is 0 Å². The first kappa shape index (κ1) is 25.9. The van der Waals surface area contributed by atoms with Gasteiger partial charge in [0.05, 0.1) is 27.6 Å². The average Bonchev–Trinajstić information content (AvgIpc) is 3.90. The number of benzene rings is 8. The summed E-state index contributed by atoms with van der Waals surface area (Å²) in [5.74, 6) is 0. The van der Waals surface area contributed by atoms with Crippen LogP contribution < -0.4 is 0 Å².